The summed E-state index contributed by atoms with van der Waals surface area (Å²) < 4.78 is 36.8. The van der Waals surface area contributed by atoms with E-state index in [-0.39, 0.29) is 5.69 Å². The highest BCUT2D eigenvalue weighted by Gasteiger charge is 2.17. The molecule has 0 spiro atoms. The van der Waals surface area contributed by atoms with Crippen LogP contribution in [0.1, 0.15) is 6.92 Å². The maximum Gasteiger partial charge on any atom is 0.265 e. The van der Waals surface area contributed by atoms with Crippen molar-refractivity contribution in [2.45, 2.75) is 13.0 Å². The molecule has 6 heteroatoms. The average molecular weight is 307 g/mol. The molecule has 0 heterocycles. The number of anilines is 1. The van der Waals surface area contributed by atoms with Gasteiger partial charge in [0, 0.05) is 12.1 Å². The van der Waals surface area contributed by atoms with Crippen LogP contribution in [-0.4, -0.2) is 19.1 Å². The molecule has 2 rings (SSSR count). The van der Waals surface area contributed by atoms with E-state index in [4.69, 9.17) is 9.47 Å². The van der Waals surface area contributed by atoms with Gasteiger partial charge in [-0.15, -0.1) is 0 Å². The van der Waals surface area contributed by atoms with E-state index in [2.05, 4.69) is 5.32 Å². The lowest BCUT2D eigenvalue weighted by Crippen LogP contribution is -2.30. The molecule has 1 N–H and O–H groups in total. The molecule has 1 amide bonds. The number of benzene rings is 2. The van der Waals surface area contributed by atoms with E-state index in [9.17, 15) is 13.6 Å². The van der Waals surface area contributed by atoms with Gasteiger partial charge in [0.05, 0.1) is 12.8 Å². The van der Waals surface area contributed by atoms with Gasteiger partial charge < -0.3 is 14.8 Å². The third-order valence-corrected chi connectivity index (χ3v) is 2.91. The molecule has 0 aromatic heterocycles. The van der Waals surface area contributed by atoms with Crippen molar-refractivity contribution >= 4 is 11.6 Å². The number of rotatable bonds is 5. The Kier molecular flexibility index (Phi) is 4.93. The van der Waals surface area contributed by atoms with Gasteiger partial charge in [0.15, 0.2) is 6.10 Å². The second-order valence-electron chi connectivity index (χ2n) is 4.55. The standard InChI is InChI=1S/C16H15F2NO3/c1-10(22-13-5-3-4-12(9-13)21-2)16(20)19-15-7-6-11(17)8-14(15)18/h3-10H,1-2H3,(H,19,20). The van der Waals surface area contributed by atoms with Crippen molar-refractivity contribution in [1.82, 2.24) is 0 Å². The molecular weight excluding hydrogens is 292 g/mol. The van der Waals surface area contributed by atoms with Crippen LogP contribution in [0.4, 0.5) is 14.5 Å². The number of carbonyl (C=O) groups excluding carboxylic acids is 1. The SMILES string of the molecule is COc1cccc(OC(C)C(=O)Nc2ccc(F)cc2F)c1. The Morgan fingerprint density at radius 1 is 1.14 bits per heavy atom. The van der Waals surface area contributed by atoms with Gasteiger partial charge >= 0.3 is 0 Å². The Labute approximate surface area is 126 Å². The van der Waals surface area contributed by atoms with Crippen molar-refractivity contribution < 1.29 is 23.0 Å². The Morgan fingerprint density at radius 2 is 1.86 bits per heavy atom. The number of methoxy groups -OCH3 is 1. The number of amides is 1. The van der Waals surface area contributed by atoms with E-state index in [1.54, 1.807) is 24.3 Å². The van der Waals surface area contributed by atoms with Gasteiger partial charge in [-0.25, -0.2) is 8.78 Å². The van der Waals surface area contributed by atoms with E-state index in [1.807, 2.05) is 0 Å². The molecule has 0 fully saturated rings. The summed E-state index contributed by atoms with van der Waals surface area (Å²) in [5.74, 6) is -1.07. The van der Waals surface area contributed by atoms with Gasteiger partial charge in [-0.2, -0.15) is 0 Å². The first kappa shape index (κ1) is 15.8. The summed E-state index contributed by atoms with van der Waals surface area (Å²) >= 11 is 0. The molecule has 116 valence electrons. The monoisotopic (exact) mass is 307 g/mol. The molecule has 0 radical (unpaired) electrons. The quantitative estimate of drug-likeness (QED) is 0.921. The summed E-state index contributed by atoms with van der Waals surface area (Å²) in [7, 11) is 1.52. The van der Waals surface area contributed by atoms with Crippen LogP contribution in [0.5, 0.6) is 11.5 Å². The number of ether oxygens (including phenoxy) is 2. The molecule has 0 bridgehead atoms. The molecule has 0 aliphatic heterocycles. The van der Waals surface area contributed by atoms with Crippen LogP contribution in [0.15, 0.2) is 42.5 Å². The number of carbonyl (C=O) groups is 1. The molecule has 22 heavy (non-hydrogen) atoms. The second-order valence-corrected chi connectivity index (χ2v) is 4.55. The fourth-order valence-electron chi connectivity index (χ4n) is 1.76. The van der Waals surface area contributed by atoms with Gasteiger partial charge in [-0.1, -0.05) is 6.07 Å². The largest absolute Gasteiger partial charge is 0.497 e. The normalized spacial score (nSPS) is 11.6. The van der Waals surface area contributed by atoms with Crippen molar-refractivity contribution in [3.05, 3.63) is 54.1 Å². The first-order valence-corrected chi connectivity index (χ1v) is 6.56. The summed E-state index contributed by atoms with van der Waals surface area (Å²) in [6.45, 7) is 1.52. The fourth-order valence-corrected chi connectivity index (χ4v) is 1.76. The average Bonchev–Trinajstić information content (AvgIpc) is 2.50. The molecule has 0 saturated carbocycles. The molecule has 2 aromatic rings. The molecule has 0 aliphatic rings. The smallest absolute Gasteiger partial charge is 0.265 e. The fraction of sp³-hybridized carbons (Fsp3) is 0.188. The lowest BCUT2D eigenvalue weighted by molar-refractivity contribution is -0.122. The molecule has 1 unspecified atom stereocenters. The predicted molar refractivity (Wildman–Crippen MR) is 78.1 cm³/mol. The van der Waals surface area contributed by atoms with Crippen molar-refractivity contribution in [3.8, 4) is 11.5 Å². The zero-order chi connectivity index (χ0) is 16.1. The van der Waals surface area contributed by atoms with Crippen LogP contribution >= 0.6 is 0 Å². The van der Waals surface area contributed by atoms with Gasteiger partial charge in [-0.3, -0.25) is 4.79 Å². The molecule has 4 nitrogen and oxygen atoms in total. The molecule has 2 aromatic carbocycles. The van der Waals surface area contributed by atoms with E-state index in [0.29, 0.717) is 17.6 Å². The Hall–Kier alpha value is -2.63. The molecule has 0 saturated heterocycles. The van der Waals surface area contributed by atoms with Crippen LogP contribution in [0.25, 0.3) is 0 Å². The highest BCUT2D eigenvalue weighted by atomic mass is 19.1. The van der Waals surface area contributed by atoms with Crippen molar-refractivity contribution in [2.24, 2.45) is 0 Å². The summed E-state index contributed by atoms with van der Waals surface area (Å²) in [6.07, 6.45) is -0.864. The lowest BCUT2D eigenvalue weighted by Gasteiger charge is -2.15. The maximum absolute atomic E-state index is 13.5. The minimum atomic E-state index is -0.864. The summed E-state index contributed by atoms with van der Waals surface area (Å²) in [6, 6.07) is 9.67. The third kappa shape index (κ3) is 3.94. The zero-order valence-corrected chi connectivity index (χ0v) is 12.1. The number of nitrogens with one attached hydrogen (secondary N) is 1. The van der Waals surface area contributed by atoms with Crippen LogP contribution in [-0.2, 0) is 4.79 Å². The van der Waals surface area contributed by atoms with Crippen molar-refractivity contribution in [1.29, 1.82) is 0 Å². The summed E-state index contributed by atoms with van der Waals surface area (Å²) in [5, 5.41) is 2.35. The number of hydrogen-bond acceptors (Lipinski definition) is 3. The van der Waals surface area contributed by atoms with E-state index < -0.39 is 23.6 Å². The number of hydrogen-bond donors (Lipinski definition) is 1. The summed E-state index contributed by atoms with van der Waals surface area (Å²) in [4.78, 5) is 12.0. The molecular formula is C16H15F2NO3. The van der Waals surface area contributed by atoms with Crippen LogP contribution < -0.4 is 14.8 Å². The van der Waals surface area contributed by atoms with Crippen LogP contribution in [0, 0.1) is 11.6 Å². The maximum atomic E-state index is 13.5. The van der Waals surface area contributed by atoms with Crippen LogP contribution in [0.3, 0.4) is 0 Å². The minimum Gasteiger partial charge on any atom is -0.497 e. The Morgan fingerprint density at radius 3 is 2.55 bits per heavy atom. The van der Waals surface area contributed by atoms with Crippen molar-refractivity contribution in [2.75, 3.05) is 12.4 Å². The number of halogens is 2. The lowest BCUT2D eigenvalue weighted by atomic mass is 10.2. The van der Waals surface area contributed by atoms with Gasteiger partial charge in [-0.05, 0) is 31.2 Å². The third-order valence-electron chi connectivity index (χ3n) is 2.91. The van der Waals surface area contributed by atoms with Crippen molar-refractivity contribution in [3.63, 3.8) is 0 Å². The van der Waals surface area contributed by atoms with Gasteiger partial charge in [0.25, 0.3) is 5.91 Å². The van der Waals surface area contributed by atoms with Gasteiger partial charge in [0.2, 0.25) is 0 Å². The zero-order valence-electron chi connectivity index (χ0n) is 12.1. The van der Waals surface area contributed by atoms with Crippen LogP contribution in [0.2, 0.25) is 0 Å². The van der Waals surface area contributed by atoms with E-state index in [0.717, 1.165) is 12.1 Å². The highest BCUT2D eigenvalue weighted by Crippen LogP contribution is 2.21. The summed E-state index contributed by atoms with van der Waals surface area (Å²) in [5.41, 5.74) is -0.104. The minimum absolute atomic E-state index is 0.104. The topological polar surface area (TPSA) is 47.6 Å². The predicted octanol–water partition coefficient (Wildman–Crippen LogP) is 3.38. The Bertz CT molecular complexity index is 676. The second kappa shape index (κ2) is 6.89. The first-order chi connectivity index (χ1) is 10.5. The highest BCUT2D eigenvalue weighted by molar-refractivity contribution is 5.94. The molecule has 1 atom stereocenters. The van der Waals surface area contributed by atoms with Gasteiger partial charge in [0.1, 0.15) is 23.1 Å². The Balaban J connectivity index is 2.02. The van der Waals surface area contributed by atoms with E-state index >= 15 is 0 Å². The first-order valence-electron chi connectivity index (χ1n) is 6.56. The van der Waals surface area contributed by atoms with E-state index in [1.165, 1.54) is 14.0 Å². The molecule has 0 aliphatic carbocycles.